The molecule has 3 N–H and O–H groups in total. The number of sulfonamides is 1. The second kappa shape index (κ2) is 5.02. The van der Waals surface area contributed by atoms with Crippen molar-refractivity contribution in [3.8, 4) is 0 Å². The second-order valence-electron chi connectivity index (χ2n) is 3.69. The zero-order valence-electron chi connectivity index (χ0n) is 9.47. The van der Waals surface area contributed by atoms with E-state index < -0.39 is 15.8 Å². The SMILES string of the molecule is Nc1cc(F)cc(S(=O)(=O)Nc2cc(Cl)ccn2)c1. The van der Waals surface area contributed by atoms with Gasteiger partial charge < -0.3 is 5.73 Å². The molecule has 0 spiro atoms. The van der Waals surface area contributed by atoms with E-state index in [2.05, 4.69) is 9.71 Å². The molecular weight excluding hydrogens is 293 g/mol. The van der Waals surface area contributed by atoms with Crippen molar-refractivity contribution in [3.05, 3.63) is 47.4 Å². The molecule has 1 heterocycles. The van der Waals surface area contributed by atoms with Gasteiger partial charge in [-0.3, -0.25) is 4.72 Å². The van der Waals surface area contributed by atoms with Crippen LogP contribution in [0, 0.1) is 5.82 Å². The predicted octanol–water partition coefficient (Wildman–Crippen LogP) is 2.26. The van der Waals surface area contributed by atoms with Crippen LogP contribution in [0.25, 0.3) is 0 Å². The first-order chi connectivity index (χ1) is 8.87. The van der Waals surface area contributed by atoms with E-state index in [-0.39, 0.29) is 16.4 Å². The molecule has 0 bridgehead atoms. The smallest absolute Gasteiger partial charge is 0.263 e. The number of hydrogen-bond acceptors (Lipinski definition) is 4. The quantitative estimate of drug-likeness (QED) is 0.852. The largest absolute Gasteiger partial charge is 0.399 e. The van der Waals surface area contributed by atoms with Crippen LogP contribution in [0.5, 0.6) is 0 Å². The number of hydrogen-bond donors (Lipinski definition) is 2. The van der Waals surface area contributed by atoms with Gasteiger partial charge in [-0.1, -0.05) is 11.6 Å². The highest BCUT2D eigenvalue weighted by atomic mass is 35.5. The van der Waals surface area contributed by atoms with Crippen molar-refractivity contribution in [2.75, 3.05) is 10.5 Å². The van der Waals surface area contributed by atoms with Crippen LogP contribution in [0.15, 0.2) is 41.4 Å². The zero-order chi connectivity index (χ0) is 14.0. The Balaban J connectivity index is 2.37. The van der Waals surface area contributed by atoms with Gasteiger partial charge in [0.05, 0.1) is 4.90 Å². The van der Waals surface area contributed by atoms with Gasteiger partial charge >= 0.3 is 0 Å². The number of rotatable bonds is 3. The van der Waals surface area contributed by atoms with Gasteiger partial charge in [-0.2, -0.15) is 0 Å². The van der Waals surface area contributed by atoms with Gasteiger partial charge in [0, 0.05) is 23.0 Å². The number of anilines is 2. The molecule has 0 aliphatic carbocycles. The van der Waals surface area contributed by atoms with Gasteiger partial charge in [0.2, 0.25) is 0 Å². The molecule has 0 aliphatic rings. The van der Waals surface area contributed by atoms with Crippen LogP contribution in [0.2, 0.25) is 5.02 Å². The third-order valence-corrected chi connectivity index (χ3v) is 3.73. The topological polar surface area (TPSA) is 85.1 Å². The number of benzene rings is 1. The molecule has 0 saturated heterocycles. The number of nitrogens with two attached hydrogens (primary N) is 1. The summed E-state index contributed by atoms with van der Waals surface area (Å²) in [7, 11) is -3.97. The monoisotopic (exact) mass is 301 g/mol. The lowest BCUT2D eigenvalue weighted by molar-refractivity contribution is 0.595. The molecule has 100 valence electrons. The lowest BCUT2D eigenvalue weighted by Gasteiger charge is -2.08. The Bertz CT molecular complexity index is 701. The first kappa shape index (κ1) is 13.6. The standard InChI is InChI=1S/C11H9ClFN3O2S/c12-7-1-2-15-11(3-7)16-19(17,18)10-5-8(13)4-9(14)6-10/h1-6H,14H2,(H,15,16). The van der Waals surface area contributed by atoms with E-state index >= 15 is 0 Å². The van der Waals surface area contributed by atoms with Crippen molar-refractivity contribution >= 4 is 33.1 Å². The van der Waals surface area contributed by atoms with E-state index in [1.54, 1.807) is 0 Å². The summed E-state index contributed by atoms with van der Waals surface area (Å²) in [5.41, 5.74) is 5.42. The van der Waals surface area contributed by atoms with Crippen molar-refractivity contribution < 1.29 is 12.8 Å². The number of halogens is 2. The summed E-state index contributed by atoms with van der Waals surface area (Å²) in [6.45, 7) is 0. The fraction of sp³-hybridized carbons (Fsp3) is 0. The summed E-state index contributed by atoms with van der Waals surface area (Å²) in [6, 6.07) is 5.87. The minimum absolute atomic E-state index is 0.0134. The van der Waals surface area contributed by atoms with Crippen molar-refractivity contribution in [2.45, 2.75) is 4.90 Å². The molecule has 0 aliphatic heterocycles. The first-order valence-corrected chi connectivity index (χ1v) is 6.93. The molecule has 0 radical (unpaired) electrons. The third-order valence-electron chi connectivity index (χ3n) is 2.16. The molecular formula is C11H9ClFN3O2S. The molecule has 0 unspecified atom stereocenters. The van der Waals surface area contributed by atoms with Crippen LogP contribution in [-0.2, 0) is 10.0 Å². The highest BCUT2D eigenvalue weighted by Gasteiger charge is 2.16. The van der Waals surface area contributed by atoms with Crippen LogP contribution in [0.1, 0.15) is 0 Å². The Morgan fingerprint density at radius 3 is 2.63 bits per heavy atom. The number of nitrogen functional groups attached to an aromatic ring is 1. The molecule has 1 aromatic carbocycles. The minimum atomic E-state index is -3.97. The average molecular weight is 302 g/mol. The summed E-state index contributed by atoms with van der Waals surface area (Å²) in [5, 5.41) is 0.325. The molecule has 8 heteroatoms. The molecule has 0 amide bonds. The van der Waals surface area contributed by atoms with Gasteiger partial charge in [0.15, 0.2) is 0 Å². The maximum atomic E-state index is 13.2. The second-order valence-corrected chi connectivity index (χ2v) is 5.80. The molecule has 0 fully saturated rings. The summed E-state index contributed by atoms with van der Waals surface area (Å²) >= 11 is 5.72. The van der Waals surface area contributed by atoms with E-state index in [1.165, 1.54) is 18.3 Å². The normalized spacial score (nSPS) is 11.3. The van der Waals surface area contributed by atoms with Crippen molar-refractivity contribution in [2.24, 2.45) is 0 Å². The number of aromatic nitrogens is 1. The van der Waals surface area contributed by atoms with Crippen LogP contribution in [-0.4, -0.2) is 13.4 Å². The Labute approximate surface area is 114 Å². The lowest BCUT2D eigenvalue weighted by Crippen LogP contribution is -2.14. The van der Waals surface area contributed by atoms with Crippen LogP contribution in [0.4, 0.5) is 15.9 Å². The van der Waals surface area contributed by atoms with Crippen molar-refractivity contribution in [1.29, 1.82) is 0 Å². The summed E-state index contributed by atoms with van der Waals surface area (Å²) < 4.78 is 39.3. The highest BCUT2D eigenvalue weighted by molar-refractivity contribution is 7.92. The Morgan fingerprint density at radius 2 is 2.00 bits per heavy atom. The Morgan fingerprint density at radius 1 is 1.26 bits per heavy atom. The maximum Gasteiger partial charge on any atom is 0.263 e. The van der Waals surface area contributed by atoms with Crippen LogP contribution < -0.4 is 10.5 Å². The summed E-state index contributed by atoms with van der Waals surface area (Å²) in [4.78, 5) is 3.51. The van der Waals surface area contributed by atoms with Crippen LogP contribution in [0.3, 0.4) is 0 Å². The number of nitrogens with zero attached hydrogens (tertiary/aromatic N) is 1. The summed E-state index contributed by atoms with van der Waals surface area (Å²) in [5.74, 6) is -0.699. The molecule has 2 rings (SSSR count). The fourth-order valence-electron chi connectivity index (χ4n) is 1.40. The van der Waals surface area contributed by atoms with Gasteiger partial charge in [-0.15, -0.1) is 0 Å². The van der Waals surface area contributed by atoms with Crippen LogP contribution >= 0.6 is 11.6 Å². The molecule has 1 aromatic heterocycles. The fourth-order valence-corrected chi connectivity index (χ4v) is 2.62. The van der Waals surface area contributed by atoms with Gasteiger partial charge in [0.1, 0.15) is 11.6 Å². The van der Waals surface area contributed by atoms with E-state index in [1.807, 2.05) is 0 Å². The lowest BCUT2D eigenvalue weighted by atomic mass is 10.3. The number of pyridine rings is 1. The van der Waals surface area contributed by atoms with Crippen molar-refractivity contribution in [1.82, 2.24) is 4.98 Å². The summed E-state index contributed by atoms with van der Waals surface area (Å²) in [6.07, 6.45) is 1.35. The van der Waals surface area contributed by atoms with Crippen molar-refractivity contribution in [3.63, 3.8) is 0 Å². The van der Waals surface area contributed by atoms with Gasteiger partial charge in [0.25, 0.3) is 10.0 Å². The maximum absolute atomic E-state index is 13.2. The molecule has 2 aromatic rings. The molecule has 0 saturated carbocycles. The molecule has 19 heavy (non-hydrogen) atoms. The highest BCUT2D eigenvalue weighted by Crippen LogP contribution is 2.20. The third kappa shape index (κ3) is 3.33. The van der Waals surface area contributed by atoms with E-state index in [0.717, 1.165) is 18.2 Å². The Kier molecular flexibility index (Phi) is 3.59. The van der Waals surface area contributed by atoms with E-state index in [0.29, 0.717) is 5.02 Å². The zero-order valence-corrected chi connectivity index (χ0v) is 11.0. The Hall–Kier alpha value is -1.86. The molecule has 5 nitrogen and oxygen atoms in total. The van der Waals surface area contributed by atoms with Gasteiger partial charge in [-0.25, -0.2) is 17.8 Å². The average Bonchev–Trinajstić information content (AvgIpc) is 2.26. The predicted molar refractivity (Wildman–Crippen MR) is 70.9 cm³/mol. The number of nitrogens with one attached hydrogen (secondary N) is 1. The molecule has 0 atom stereocenters. The van der Waals surface area contributed by atoms with E-state index in [4.69, 9.17) is 17.3 Å². The minimum Gasteiger partial charge on any atom is -0.399 e. The van der Waals surface area contributed by atoms with E-state index in [9.17, 15) is 12.8 Å². The first-order valence-electron chi connectivity index (χ1n) is 5.07. The van der Waals surface area contributed by atoms with Gasteiger partial charge in [-0.05, 0) is 24.3 Å².